The molecule has 126 valence electrons. The maximum atomic E-state index is 12.4. The highest BCUT2D eigenvalue weighted by Crippen LogP contribution is 2.35. The molecular weight excluding hydrogens is 306 g/mol. The van der Waals surface area contributed by atoms with E-state index in [1.54, 1.807) is 0 Å². The molecule has 6 heteroatoms. The number of benzene rings is 1. The lowest BCUT2D eigenvalue weighted by Crippen LogP contribution is -2.44. The first-order chi connectivity index (χ1) is 11.5. The maximum absolute atomic E-state index is 12.4. The quantitative estimate of drug-likeness (QED) is 0.928. The number of rotatable bonds is 4. The molecule has 1 fully saturated rings. The summed E-state index contributed by atoms with van der Waals surface area (Å²) in [5.41, 5.74) is 1.06. The Morgan fingerprint density at radius 1 is 1.25 bits per heavy atom. The van der Waals surface area contributed by atoms with Crippen molar-refractivity contribution in [2.45, 2.75) is 31.7 Å². The summed E-state index contributed by atoms with van der Waals surface area (Å²) >= 11 is 0. The monoisotopic (exact) mass is 327 g/mol. The number of carbonyl (C=O) groups is 1. The molecule has 1 saturated heterocycles. The maximum Gasteiger partial charge on any atom is 0.323 e. The van der Waals surface area contributed by atoms with Crippen molar-refractivity contribution >= 4 is 11.8 Å². The van der Waals surface area contributed by atoms with E-state index < -0.39 is 5.97 Å². The Kier molecular flexibility index (Phi) is 4.38. The molecule has 1 aliphatic heterocycles. The van der Waals surface area contributed by atoms with Crippen LogP contribution in [0.3, 0.4) is 0 Å². The minimum atomic E-state index is -1.04. The number of nitrogens with zero attached hydrogens (tertiary/aromatic N) is 3. The van der Waals surface area contributed by atoms with E-state index in [4.69, 9.17) is 5.11 Å². The van der Waals surface area contributed by atoms with Gasteiger partial charge in [-0.05, 0) is 23.8 Å². The standard InChI is InChI=1S/C18H21N3O3/c1-18(14-5-3-2-4-6-14)7-10-20(11-8-18)16-17(24)21(12-9-19-16)13-15(22)23/h2-6,9,12H,7-8,10-11,13H2,1H3,(H,22,23). The van der Waals surface area contributed by atoms with Crippen LogP contribution in [-0.4, -0.2) is 33.7 Å². The van der Waals surface area contributed by atoms with Crippen LogP contribution in [-0.2, 0) is 16.8 Å². The third kappa shape index (κ3) is 3.18. The molecule has 24 heavy (non-hydrogen) atoms. The van der Waals surface area contributed by atoms with E-state index in [1.807, 2.05) is 11.0 Å². The van der Waals surface area contributed by atoms with Gasteiger partial charge in [0.25, 0.3) is 5.56 Å². The molecule has 1 aromatic carbocycles. The number of hydrogen-bond acceptors (Lipinski definition) is 4. The van der Waals surface area contributed by atoms with E-state index in [0.717, 1.165) is 25.9 Å². The van der Waals surface area contributed by atoms with Crippen molar-refractivity contribution in [3.05, 3.63) is 58.6 Å². The summed E-state index contributed by atoms with van der Waals surface area (Å²) in [7, 11) is 0. The summed E-state index contributed by atoms with van der Waals surface area (Å²) in [5.74, 6) is -0.696. The highest BCUT2D eigenvalue weighted by molar-refractivity contribution is 5.66. The molecule has 0 saturated carbocycles. The van der Waals surface area contributed by atoms with Crippen LogP contribution in [0.15, 0.2) is 47.5 Å². The Labute approximate surface area is 140 Å². The first-order valence-corrected chi connectivity index (χ1v) is 8.07. The lowest BCUT2D eigenvalue weighted by atomic mass is 9.74. The van der Waals surface area contributed by atoms with E-state index in [9.17, 15) is 9.59 Å². The Morgan fingerprint density at radius 2 is 1.92 bits per heavy atom. The van der Waals surface area contributed by atoms with E-state index in [-0.39, 0.29) is 17.5 Å². The molecular formula is C18H21N3O3. The molecule has 0 atom stereocenters. The Morgan fingerprint density at radius 3 is 2.54 bits per heavy atom. The fourth-order valence-electron chi connectivity index (χ4n) is 3.26. The Balaban J connectivity index is 1.78. The molecule has 0 radical (unpaired) electrons. The van der Waals surface area contributed by atoms with Crippen LogP contribution in [0.5, 0.6) is 0 Å². The van der Waals surface area contributed by atoms with Crippen molar-refractivity contribution in [2.24, 2.45) is 0 Å². The predicted octanol–water partition coefficient (Wildman–Crippen LogP) is 1.89. The highest BCUT2D eigenvalue weighted by Gasteiger charge is 2.32. The van der Waals surface area contributed by atoms with E-state index in [1.165, 1.54) is 22.5 Å². The predicted molar refractivity (Wildman–Crippen MR) is 91.4 cm³/mol. The normalized spacial score (nSPS) is 16.8. The number of piperidine rings is 1. The molecule has 0 aliphatic carbocycles. The van der Waals surface area contributed by atoms with Gasteiger partial charge in [0.1, 0.15) is 6.54 Å². The molecule has 1 N–H and O–H groups in total. The van der Waals surface area contributed by atoms with Gasteiger partial charge in [-0.2, -0.15) is 0 Å². The zero-order valence-corrected chi connectivity index (χ0v) is 13.7. The fraction of sp³-hybridized carbons (Fsp3) is 0.389. The lowest BCUT2D eigenvalue weighted by Gasteiger charge is -2.40. The summed E-state index contributed by atoms with van der Waals surface area (Å²) in [5, 5.41) is 8.89. The average Bonchev–Trinajstić information content (AvgIpc) is 2.58. The third-order valence-electron chi connectivity index (χ3n) is 4.84. The molecule has 3 rings (SSSR count). The summed E-state index contributed by atoms with van der Waals surface area (Å²) in [6.07, 6.45) is 4.75. The smallest absolute Gasteiger partial charge is 0.323 e. The fourth-order valence-corrected chi connectivity index (χ4v) is 3.26. The number of carboxylic acid groups (broad SMARTS) is 1. The zero-order chi connectivity index (χ0) is 17.2. The number of hydrogen-bond donors (Lipinski definition) is 1. The molecule has 0 spiro atoms. The molecule has 0 amide bonds. The lowest BCUT2D eigenvalue weighted by molar-refractivity contribution is -0.137. The summed E-state index contributed by atoms with van der Waals surface area (Å²) in [4.78, 5) is 29.4. The molecule has 6 nitrogen and oxygen atoms in total. The molecule has 1 aliphatic rings. The molecule has 1 aromatic heterocycles. The van der Waals surface area contributed by atoms with Crippen LogP contribution < -0.4 is 10.5 Å². The van der Waals surface area contributed by atoms with Gasteiger partial charge in [-0.15, -0.1) is 0 Å². The first kappa shape index (κ1) is 16.2. The van der Waals surface area contributed by atoms with Gasteiger partial charge in [0.2, 0.25) is 0 Å². The van der Waals surface area contributed by atoms with Gasteiger partial charge >= 0.3 is 5.97 Å². The number of anilines is 1. The minimum Gasteiger partial charge on any atom is -0.480 e. The second kappa shape index (κ2) is 6.47. The molecule has 2 aromatic rings. The van der Waals surface area contributed by atoms with Crippen molar-refractivity contribution < 1.29 is 9.90 Å². The number of aromatic nitrogens is 2. The molecule has 0 bridgehead atoms. The van der Waals surface area contributed by atoms with Crippen LogP contribution in [0.1, 0.15) is 25.3 Å². The van der Waals surface area contributed by atoms with E-state index >= 15 is 0 Å². The van der Waals surface area contributed by atoms with Crippen molar-refractivity contribution in [3.8, 4) is 0 Å². The van der Waals surface area contributed by atoms with Crippen LogP contribution in [0, 0.1) is 0 Å². The SMILES string of the molecule is CC1(c2ccccc2)CCN(c2nccn(CC(=O)O)c2=O)CC1. The second-order valence-electron chi connectivity index (χ2n) is 6.49. The van der Waals surface area contributed by atoms with Gasteiger partial charge in [-0.3, -0.25) is 14.2 Å². The number of carboxylic acids is 1. The largest absolute Gasteiger partial charge is 0.480 e. The van der Waals surface area contributed by atoms with Gasteiger partial charge in [0.15, 0.2) is 5.82 Å². The zero-order valence-electron chi connectivity index (χ0n) is 13.7. The van der Waals surface area contributed by atoms with Crippen molar-refractivity contribution in [3.63, 3.8) is 0 Å². The van der Waals surface area contributed by atoms with Crippen LogP contribution >= 0.6 is 0 Å². The molecule has 2 heterocycles. The van der Waals surface area contributed by atoms with E-state index in [2.05, 4.69) is 36.2 Å². The van der Waals surface area contributed by atoms with Gasteiger partial charge in [-0.25, -0.2) is 4.98 Å². The van der Waals surface area contributed by atoms with E-state index in [0.29, 0.717) is 5.82 Å². The number of aliphatic carboxylic acids is 1. The summed E-state index contributed by atoms with van der Waals surface area (Å²) in [6, 6.07) is 10.4. The van der Waals surface area contributed by atoms with Crippen LogP contribution in [0.4, 0.5) is 5.82 Å². The van der Waals surface area contributed by atoms with Crippen molar-refractivity contribution in [1.82, 2.24) is 9.55 Å². The molecule has 0 unspecified atom stereocenters. The highest BCUT2D eigenvalue weighted by atomic mass is 16.4. The summed E-state index contributed by atoms with van der Waals surface area (Å²) < 4.78 is 1.19. The van der Waals surface area contributed by atoms with Gasteiger partial charge in [0, 0.05) is 25.5 Å². The topological polar surface area (TPSA) is 75.4 Å². The summed E-state index contributed by atoms with van der Waals surface area (Å²) in [6.45, 7) is 3.36. The minimum absolute atomic E-state index is 0.0899. The van der Waals surface area contributed by atoms with Gasteiger partial charge in [-0.1, -0.05) is 37.3 Å². The van der Waals surface area contributed by atoms with Crippen LogP contribution in [0.2, 0.25) is 0 Å². The Bertz CT molecular complexity index is 778. The Hall–Kier alpha value is -2.63. The van der Waals surface area contributed by atoms with Crippen molar-refractivity contribution in [2.75, 3.05) is 18.0 Å². The van der Waals surface area contributed by atoms with Gasteiger partial charge < -0.3 is 10.0 Å². The first-order valence-electron chi connectivity index (χ1n) is 8.07. The van der Waals surface area contributed by atoms with Crippen LogP contribution in [0.25, 0.3) is 0 Å². The average molecular weight is 327 g/mol. The van der Waals surface area contributed by atoms with Gasteiger partial charge in [0.05, 0.1) is 0 Å². The second-order valence-corrected chi connectivity index (χ2v) is 6.49. The van der Waals surface area contributed by atoms with Crippen molar-refractivity contribution in [1.29, 1.82) is 0 Å². The third-order valence-corrected chi connectivity index (χ3v) is 4.84.